The fourth-order valence-corrected chi connectivity index (χ4v) is 2.21. The molecule has 0 spiro atoms. The number of nitrogens with zero attached hydrogens (tertiary/aromatic N) is 3. The number of thiazole rings is 1. The lowest BCUT2D eigenvalue weighted by atomic mass is 10.1. The molecular weight excluding hydrogens is 220 g/mol. The van der Waals surface area contributed by atoms with E-state index in [1.54, 1.807) is 11.3 Å². The van der Waals surface area contributed by atoms with Crippen molar-refractivity contribution in [2.75, 3.05) is 0 Å². The molecule has 0 fully saturated rings. The van der Waals surface area contributed by atoms with Gasteiger partial charge in [0.1, 0.15) is 0 Å². The van der Waals surface area contributed by atoms with Gasteiger partial charge in [0.05, 0.1) is 16.9 Å². The van der Waals surface area contributed by atoms with Gasteiger partial charge >= 0.3 is 0 Å². The summed E-state index contributed by atoms with van der Waals surface area (Å²) in [5.41, 5.74) is 8.26. The van der Waals surface area contributed by atoms with Crippen LogP contribution in [-0.4, -0.2) is 14.8 Å². The Morgan fingerprint density at radius 1 is 1.56 bits per heavy atom. The molecule has 0 bridgehead atoms. The van der Waals surface area contributed by atoms with Gasteiger partial charge < -0.3 is 5.73 Å². The highest BCUT2D eigenvalue weighted by atomic mass is 32.1. The Morgan fingerprint density at radius 2 is 2.38 bits per heavy atom. The van der Waals surface area contributed by atoms with Crippen molar-refractivity contribution in [2.24, 2.45) is 5.73 Å². The number of nitrogens with two attached hydrogens (primary N) is 1. The van der Waals surface area contributed by atoms with Crippen LogP contribution in [0.4, 0.5) is 0 Å². The molecule has 1 atom stereocenters. The largest absolute Gasteiger partial charge is 0.324 e. The molecule has 2 aromatic heterocycles. The molecule has 2 N–H and O–H groups in total. The Balaban J connectivity index is 2.05. The van der Waals surface area contributed by atoms with E-state index in [2.05, 4.69) is 22.4 Å². The summed E-state index contributed by atoms with van der Waals surface area (Å²) in [6.07, 6.45) is 4.62. The first-order valence-electron chi connectivity index (χ1n) is 5.38. The third-order valence-electron chi connectivity index (χ3n) is 2.50. The summed E-state index contributed by atoms with van der Waals surface area (Å²) in [5.74, 6) is 0. The average molecular weight is 236 g/mol. The van der Waals surface area contributed by atoms with E-state index < -0.39 is 0 Å². The molecule has 5 heteroatoms. The second-order valence-corrected chi connectivity index (χ2v) is 4.86. The predicted molar refractivity (Wildman–Crippen MR) is 65.4 cm³/mol. The number of rotatable bonds is 4. The summed E-state index contributed by atoms with van der Waals surface area (Å²) in [7, 11) is 0. The van der Waals surface area contributed by atoms with E-state index in [1.807, 2.05) is 24.0 Å². The fourth-order valence-electron chi connectivity index (χ4n) is 1.59. The van der Waals surface area contributed by atoms with E-state index in [0.717, 1.165) is 29.2 Å². The topological polar surface area (TPSA) is 56.7 Å². The van der Waals surface area contributed by atoms with Gasteiger partial charge in [-0.25, -0.2) is 4.98 Å². The zero-order valence-electron chi connectivity index (χ0n) is 9.55. The van der Waals surface area contributed by atoms with Gasteiger partial charge in [0.2, 0.25) is 0 Å². The lowest BCUT2D eigenvalue weighted by molar-refractivity contribution is 0.655. The van der Waals surface area contributed by atoms with Gasteiger partial charge in [-0.05, 0) is 13.8 Å². The maximum Gasteiger partial charge on any atom is 0.0897 e. The van der Waals surface area contributed by atoms with Crippen molar-refractivity contribution >= 4 is 11.3 Å². The molecule has 0 aromatic carbocycles. The number of hydrogen-bond acceptors (Lipinski definition) is 4. The van der Waals surface area contributed by atoms with E-state index in [0.29, 0.717) is 0 Å². The molecule has 2 heterocycles. The van der Waals surface area contributed by atoms with Gasteiger partial charge in [0.15, 0.2) is 0 Å². The van der Waals surface area contributed by atoms with Crippen molar-refractivity contribution in [3.05, 3.63) is 34.0 Å². The molecule has 0 aliphatic heterocycles. The molecule has 2 aromatic rings. The van der Waals surface area contributed by atoms with Crippen LogP contribution in [0.2, 0.25) is 0 Å². The molecule has 4 nitrogen and oxygen atoms in total. The van der Waals surface area contributed by atoms with Crippen LogP contribution in [0.5, 0.6) is 0 Å². The standard InChI is InChI=1S/C11H16N4S/c1-3-15-6-9(5-13-15)11(12)4-10-7-16-8(2)14-10/h5-7,11H,3-4,12H2,1-2H3. The summed E-state index contributed by atoms with van der Waals surface area (Å²) >= 11 is 1.66. The van der Waals surface area contributed by atoms with Crippen molar-refractivity contribution in [2.45, 2.75) is 32.9 Å². The first-order chi connectivity index (χ1) is 7.69. The summed E-state index contributed by atoms with van der Waals surface area (Å²) < 4.78 is 1.89. The summed E-state index contributed by atoms with van der Waals surface area (Å²) in [6.45, 7) is 4.95. The van der Waals surface area contributed by atoms with Crippen LogP contribution in [0.15, 0.2) is 17.8 Å². The van der Waals surface area contributed by atoms with E-state index in [1.165, 1.54) is 0 Å². The summed E-state index contributed by atoms with van der Waals surface area (Å²) in [5, 5.41) is 7.38. The van der Waals surface area contributed by atoms with Crippen LogP contribution in [0, 0.1) is 6.92 Å². The molecule has 0 saturated carbocycles. The Bertz CT molecular complexity index is 460. The van der Waals surface area contributed by atoms with Crippen molar-refractivity contribution < 1.29 is 0 Å². The predicted octanol–water partition coefficient (Wildman–Crippen LogP) is 1.91. The molecular formula is C11H16N4S. The lowest BCUT2D eigenvalue weighted by Crippen LogP contribution is -2.12. The first kappa shape index (κ1) is 11.3. The molecule has 16 heavy (non-hydrogen) atoms. The molecule has 2 rings (SSSR count). The van der Waals surface area contributed by atoms with Gasteiger partial charge in [0.25, 0.3) is 0 Å². The van der Waals surface area contributed by atoms with Crippen molar-refractivity contribution in [3.63, 3.8) is 0 Å². The minimum Gasteiger partial charge on any atom is -0.324 e. The zero-order valence-corrected chi connectivity index (χ0v) is 10.4. The third kappa shape index (κ3) is 2.48. The summed E-state index contributed by atoms with van der Waals surface area (Å²) in [4.78, 5) is 4.41. The number of aryl methyl sites for hydroxylation is 2. The van der Waals surface area contributed by atoms with Crippen LogP contribution in [-0.2, 0) is 13.0 Å². The zero-order chi connectivity index (χ0) is 11.5. The van der Waals surface area contributed by atoms with Gasteiger partial charge in [-0.1, -0.05) is 0 Å². The molecule has 0 aliphatic rings. The highest BCUT2D eigenvalue weighted by Gasteiger charge is 2.11. The second kappa shape index (κ2) is 4.76. The Hall–Kier alpha value is -1.20. The Morgan fingerprint density at radius 3 is 2.94 bits per heavy atom. The molecule has 0 aliphatic carbocycles. The summed E-state index contributed by atoms with van der Waals surface area (Å²) in [6, 6.07) is -0.0122. The van der Waals surface area contributed by atoms with Crippen LogP contribution < -0.4 is 5.73 Å². The van der Waals surface area contributed by atoms with Crippen molar-refractivity contribution in [1.29, 1.82) is 0 Å². The van der Waals surface area contributed by atoms with Crippen molar-refractivity contribution in [3.8, 4) is 0 Å². The molecule has 1 unspecified atom stereocenters. The smallest absolute Gasteiger partial charge is 0.0897 e. The highest BCUT2D eigenvalue weighted by molar-refractivity contribution is 7.09. The lowest BCUT2D eigenvalue weighted by Gasteiger charge is -2.06. The van der Waals surface area contributed by atoms with Crippen molar-refractivity contribution in [1.82, 2.24) is 14.8 Å². The minimum absolute atomic E-state index is 0.0122. The van der Waals surface area contributed by atoms with Crippen LogP contribution in [0.3, 0.4) is 0 Å². The van der Waals surface area contributed by atoms with Gasteiger partial charge in [-0.2, -0.15) is 5.10 Å². The number of aromatic nitrogens is 3. The van der Waals surface area contributed by atoms with Gasteiger partial charge in [-0.3, -0.25) is 4.68 Å². The van der Waals surface area contributed by atoms with Crippen LogP contribution in [0.25, 0.3) is 0 Å². The van der Waals surface area contributed by atoms with Gasteiger partial charge in [-0.15, -0.1) is 11.3 Å². The quantitative estimate of drug-likeness (QED) is 0.882. The molecule has 86 valence electrons. The van der Waals surface area contributed by atoms with E-state index in [-0.39, 0.29) is 6.04 Å². The number of hydrogen-bond donors (Lipinski definition) is 1. The van der Waals surface area contributed by atoms with Crippen LogP contribution in [0.1, 0.15) is 29.2 Å². The molecule has 0 amide bonds. The van der Waals surface area contributed by atoms with Gasteiger partial charge in [0, 0.05) is 36.1 Å². The fraction of sp³-hybridized carbons (Fsp3) is 0.455. The van der Waals surface area contributed by atoms with E-state index in [4.69, 9.17) is 5.73 Å². The average Bonchev–Trinajstić information content (AvgIpc) is 2.87. The minimum atomic E-state index is -0.0122. The monoisotopic (exact) mass is 236 g/mol. The van der Waals surface area contributed by atoms with E-state index in [9.17, 15) is 0 Å². The first-order valence-corrected chi connectivity index (χ1v) is 6.26. The maximum absolute atomic E-state index is 6.12. The molecule has 0 radical (unpaired) electrons. The van der Waals surface area contributed by atoms with Crippen LogP contribution >= 0.6 is 11.3 Å². The SMILES string of the molecule is CCn1cc(C(N)Cc2csc(C)n2)cn1. The highest BCUT2D eigenvalue weighted by Crippen LogP contribution is 2.17. The normalized spacial score (nSPS) is 12.9. The maximum atomic E-state index is 6.12. The Kier molecular flexibility index (Phi) is 3.36. The molecule has 0 saturated heterocycles. The second-order valence-electron chi connectivity index (χ2n) is 3.80. The van der Waals surface area contributed by atoms with E-state index >= 15 is 0 Å². The Labute approximate surface area is 99.1 Å². The third-order valence-corrected chi connectivity index (χ3v) is 3.32.